The van der Waals surface area contributed by atoms with Crippen molar-refractivity contribution in [1.29, 1.82) is 0 Å². The summed E-state index contributed by atoms with van der Waals surface area (Å²) in [6.45, 7) is 0.911. The van der Waals surface area contributed by atoms with E-state index in [1.807, 2.05) is 30.3 Å². The minimum absolute atomic E-state index is 0.203. The number of aryl methyl sites for hydroxylation is 1. The molecule has 0 aliphatic rings. The predicted octanol–water partition coefficient (Wildman–Crippen LogP) is 3.33. The van der Waals surface area contributed by atoms with Crippen molar-refractivity contribution in [3.63, 3.8) is 0 Å². The van der Waals surface area contributed by atoms with Crippen LogP contribution < -0.4 is 5.32 Å². The summed E-state index contributed by atoms with van der Waals surface area (Å²) in [6.07, 6.45) is 5.52. The Morgan fingerprint density at radius 1 is 1.25 bits per heavy atom. The van der Waals surface area contributed by atoms with Crippen LogP contribution in [0.1, 0.15) is 23.4 Å². The quantitative estimate of drug-likeness (QED) is 0.392. The first-order chi connectivity index (χ1) is 13.7. The van der Waals surface area contributed by atoms with Gasteiger partial charge >= 0.3 is 5.97 Å². The van der Waals surface area contributed by atoms with Gasteiger partial charge in [0, 0.05) is 31.3 Å². The summed E-state index contributed by atoms with van der Waals surface area (Å²) in [6, 6.07) is 14.0. The highest BCUT2D eigenvalue weighted by Gasteiger charge is 2.05. The lowest BCUT2D eigenvalue weighted by atomic mass is 10.1. The number of H-pyrrole nitrogens is 1. The lowest BCUT2D eigenvalue weighted by Gasteiger charge is -2.08. The average Bonchev–Trinajstić information content (AvgIpc) is 3.13. The van der Waals surface area contributed by atoms with Crippen LogP contribution in [0.2, 0.25) is 0 Å². The number of aromatic amines is 1. The standard InChI is InChI=1S/C22H25N3O3/c1-28-22(27)11-9-17-6-2-3-7-18(17)23-13-12-21-24-19-10-8-16(5-4-14-26)15-20(19)25-21/h2-3,6-11,15,23,26H,4-5,12-14H2,1H3,(H,24,25)/b11-9+. The molecule has 1 aromatic heterocycles. The Kier molecular flexibility index (Phi) is 6.81. The molecule has 0 saturated heterocycles. The number of nitrogens with zero attached hydrogens (tertiary/aromatic N) is 1. The van der Waals surface area contributed by atoms with E-state index in [1.165, 1.54) is 18.7 Å². The van der Waals surface area contributed by atoms with E-state index >= 15 is 0 Å². The van der Waals surface area contributed by atoms with Crippen LogP contribution in [0, 0.1) is 0 Å². The second-order valence-corrected chi connectivity index (χ2v) is 6.48. The number of aromatic nitrogens is 2. The number of imidazole rings is 1. The highest BCUT2D eigenvalue weighted by molar-refractivity contribution is 5.88. The second-order valence-electron chi connectivity index (χ2n) is 6.48. The third kappa shape index (κ3) is 5.20. The van der Waals surface area contributed by atoms with Gasteiger partial charge in [0.15, 0.2) is 0 Å². The summed E-state index contributed by atoms with van der Waals surface area (Å²) < 4.78 is 4.64. The van der Waals surface area contributed by atoms with Crippen molar-refractivity contribution in [2.75, 3.05) is 25.6 Å². The fraction of sp³-hybridized carbons (Fsp3) is 0.273. The van der Waals surface area contributed by atoms with E-state index in [0.717, 1.165) is 47.4 Å². The maximum Gasteiger partial charge on any atom is 0.330 e. The lowest BCUT2D eigenvalue weighted by Crippen LogP contribution is -2.07. The molecule has 3 aromatic rings. The van der Waals surface area contributed by atoms with Crippen molar-refractivity contribution in [3.05, 3.63) is 65.5 Å². The summed E-state index contributed by atoms with van der Waals surface area (Å²) in [4.78, 5) is 19.3. The SMILES string of the molecule is COC(=O)/C=C/c1ccccc1NCCc1nc2ccc(CCCO)cc2[nH]1. The number of aliphatic hydroxyl groups excluding tert-OH is 1. The molecule has 3 N–H and O–H groups in total. The minimum Gasteiger partial charge on any atom is -0.466 e. The molecular formula is C22H25N3O3. The van der Waals surface area contributed by atoms with Gasteiger partial charge in [-0.15, -0.1) is 0 Å². The fourth-order valence-electron chi connectivity index (χ4n) is 3.01. The van der Waals surface area contributed by atoms with Crippen LogP contribution >= 0.6 is 0 Å². The van der Waals surface area contributed by atoms with Crippen LogP contribution in [0.3, 0.4) is 0 Å². The number of ether oxygens (including phenoxy) is 1. The van der Waals surface area contributed by atoms with Crippen molar-refractivity contribution in [2.45, 2.75) is 19.3 Å². The number of aliphatic hydroxyl groups is 1. The molecule has 0 saturated carbocycles. The first kappa shape index (κ1) is 19.6. The summed E-state index contributed by atoms with van der Waals surface area (Å²) in [7, 11) is 1.36. The first-order valence-corrected chi connectivity index (χ1v) is 9.37. The third-order valence-electron chi connectivity index (χ3n) is 4.46. The number of carbonyl (C=O) groups excluding carboxylic acids is 1. The number of hydrogen-bond donors (Lipinski definition) is 3. The molecule has 2 aromatic carbocycles. The zero-order chi connectivity index (χ0) is 19.8. The van der Waals surface area contributed by atoms with Crippen molar-refractivity contribution in [3.8, 4) is 0 Å². The molecule has 0 aliphatic heterocycles. The van der Waals surface area contributed by atoms with Crippen molar-refractivity contribution >= 4 is 28.8 Å². The lowest BCUT2D eigenvalue weighted by molar-refractivity contribution is -0.134. The highest BCUT2D eigenvalue weighted by atomic mass is 16.5. The van der Waals surface area contributed by atoms with E-state index in [2.05, 4.69) is 32.2 Å². The molecule has 0 spiro atoms. The monoisotopic (exact) mass is 379 g/mol. The second kappa shape index (κ2) is 9.71. The Labute approximate surface area is 164 Å². The molecule has 0 unspecified atom stereocenters. The number of methoxy groups -OCH3 is 1. The largest absolute Gasteiger partial charge is 0.466 e. The molecular weight excluding hydrogens is 354 g/mol. The molecule has 6 nitrogen and oxygen atoms in total. The van der Waals surface area contributed by atoms with E-state index in [0.29, 0.717) is 6.54 Å². The summed E-state index contributed by atoms with van der Waals surface area (Å²) in [5, 5.41) is 12.4. The summed E-state index contributed by atoms with van der Waals surface area (Å²) in [5.41, 5.74) is 5.04. The van der Waals surface area contributed by atoms with E-state index in [1.54, 1.807) is 6.08 Å². The zero-order valence-electron chi connectivity index (χ0n) is 15.9. The number of para-hydroxylation sites is 1. The van der Waals surface area contributed by atoms with Gasteiger partial charge in [-0.3, -0.25) is 0 Å². The van der Waals surface area contributed by atoms with E-state index in [-0.39, 0.29) is 12.6 Å². The van der Waals surface area contributed by atoms with E-state index in [9.17, 15) is 4.79 Å². The topological polar surface area (TPSA) is 87.2 Å². The smallest absolute Gasteiger partial charge is 0.330 e. The Hall–Kier alpha value is -3.12. The molecule has 0 atom stereocenters. The maximum atomic E-state index is 11.3. The molecule has 0 fully saturated rings. The van der Waals surface area contributed by atoms with Crippen LogP contribution in [-0.4, -0.2) is 41.3 Å². The molecule has 1 heterocycles. The van der Waals surface area contributed by atoms with Crippen molar-refractivity contribution < 1.29 is 14.6 Å². The van der Waals surface area contributed by atoms with Gasteiger partial charge in [-0.1, -0.05) is 24.3 Å². The molecule has 146 valence electrons. The molecule has 0 radical (unpaired) electrons. The molecule has 0 aliphatic carbocycles. The number of nitrogens with one attached hydrogen (secondary N) is 2. The number of benzene rings is 2. The highest BCUT2D eigenvalue weighted by Crippen LogP contribution is 2.18. The van der Waals surface area contributed by atoms with Crippen molar-refractivity contribution in [2.24, 2.45) is 0 Å². The third-order valence-corrected chi connectivity index (χ3v) is 4.46. The van der Waals surface area contributed by atoms with Crippen LogP contribution in [0.25, 0.3) is 17.1 Å². The molecule has 6 heteroatoms. The number of hydrogen-bond acceptors (Lipinski definition) is 5. The van der Waals surface area contributed by atoms with Crippen LogP contribution in [0.15, 0.2) is 48.5 Å². The van der Waals surface area contributed by atoms with Gasteiger partial charge in [-0.2, -0.15) is 0 Å². The number of anilines is 1. The summed E-state index contributed by atoms with van der Waals surface area (Å²) >= 11 is 0. The van der Waals surface area contributed by atoms with Gasteiger partial charge in [-0.25, -0.2) is 9.78 Å². The van der Waals surface area contributed by atoms with Crippen molar-refractivity contribution in [1.82, 2.24) is 9.97 Å². The maximum absolute atomic E-state index is 11.3. The van der Waals surface area contributed by atoms with Gasteiger partial charge < -0.3 is 20.1 Å². The zero-order valence-corrected chi connectivity index (χ0v) is 15.9. The van der Waals surface area contributed by atoms with E-state index < -0.39 is 0 Å². The number of carbonyl (C=O) groups is 1. The first-order valence-electron chi connectivity index (χ1n) is 9.37. The molecule has 0 amide bonds. The summed E-state index contributed by atoms with van der Waals surface area (Å²) in [5.74, 6) is 0.542. The number of fused-ring (bicyclic) bond motifs is 1. The molecule has 0 bridgehead atoms. The predicted molar refractivity (Wildman–Crippen MR) is 111 cm³/mol. The fourth-order valence-corrected chi connectivity index (χ4v) is 3.01. The molecule has 3 rings (SSSR count). The van der Waals surface area contributed by atoms with Gasteiger partial charge in [0.2, 0.25) is 0 Å². The van der Waals surface area contributed by atoms with Crippen LogP contribution in [0.5, 0.6) is 0 Å². The minimum atomic E-state index is -0.379. The Morgan fingerprint density at radius 3 is 2.93 bits per heavy atom. The van der Waals surface area contributed by atoms with Crippen LogP contribution in [-0.2, 0) is 22.4 Å². The Bertz CT molecular complexity index is 963. The van der Waals surface area contributed by atoms with Crippen LogP contribution in [0.4, 0.5) is 5.69 Å². The van der Waals surface area contributed by atoms with Gasteiger partial charge in [0.1, 0.15) is 5.82 Å². The average molecular weight is 379 g/mol. The van der Waals surface area contributed by atoms with Gasteiger partial charge in [-0.05, 0) is 48.2 Å². The Balaban J connectivity index is 1.62. The molecule has 28 heavy (non-hydrogen) atoms. The van der Waals surface area contributed by atoms with Gasteiger partial charge in [0.25, 0.3) is 0 Å². The van der Waals surface area contributed by atoms with Gasteiger partial charge in [0.05, 0.1) is 18.1 Å². The van der Waals surface area contributed by atoms with E-state index in [4.69, 9.17) is 5.11 Å². The number of esters is 1. The normalized spacial score (nSPS) is 11.2. The number of rotatable bonds is 9. The Morgan fingerprint density at radius 2 is 2.11 bits per heavy atom.